The largest absolute Gasteiger partial charge is 0.497 e. The van der Waals surface area contributed by atoms with Crippen molar-refractivity contribution in [1.82, 2.24) is 4.98 Å². The van der Waals surface area contributed by atoms with Crippen LogP contribution in [0.15, 0.2) is 47.0 Å². The molecule has 0 aliphatic carbocycles. The standard InChI is InChI=1S/C22H24N2O3/c1-14-11-15(2)22(16(3)12-14)24-20(25)9-10-21-23-13-19(27-21)17-5-7-18(26-4)8-6-17/h5-8,11-13H,9-10H2,1-4H3,(H,24,25). The summed E-state index contributed by atoms with van der Waals surface area (Å²) in [7, 11) is 1.63. The van der Waals surface area contributed by atoms with Crippen molar-refractivity contribution in [1.29, 1.82) is 0 Å². The van der Waals surface area contributed by atoms with Crippen molar-refractivity contribution in [3.8, 4) is 17.1 Å². The first-order valence-corrected chi connectivity index (χ1v) is 8.93. The maximum atomic E-state index is 12.3. The van der Waals surface area contributed by atoms with Crippen LogP contribution in [0.4, 0.5) is 5.69 Å². The molecule has 0 aliphatic rings. The lowest BCUT2D eigenvalue weighted by Crippen LogP contribution is -2.14. The summed E-state index contributed by atoms with van der Waals surface area (Å²) in [5, 5.41) is 3.00. The van der Waals surface area contributed by atoms with Crippen molar-refractivity contribution < 1.29 is 13.9 Å². The quantitative estimate of drug-likeness (QED) is 0.679. The number of rotatable bonds is 6. The number of nitrogens with one attached hydrogen (secondary N) is 1. The second kappa shape index (κ2) is 8.08. The molecule has 140 valence electrons. The molecular formula is C22H24N2O3. The van der Waals surface area contributed by atoms with Gasteiger partial charge in [-0.25, -0.2) is 4.98 Å². The molecule has 1 N–H and O–H groups in total. The number of carbonyl (C=O) groups excluding carboxylic acids is 1. The fourth-order valence-corrected chi connectivity index (χ4v) is 3.11. The Labute approximate surface area is 159 Å². The van der Waals surface area contributed by atoms with E-state index in [1.54, 1.807) is 13.3 Å². The van der Waals surface area contributed by atoms with Crippen molar-refractivity contribution in [2.75, 3.05) is 12.4 Å². The number of hydrogen-bond acceptors (Lipinski definition) is 4. The SMILES string of the molecule is COc1ccc(-c2cnc(CCC(=O)Nc3c(C)cc(C)cc3C)o2)cc1. The molecular weight excluding hydrogens is 340 g/mol. The third-order valence-electron chi connectivity index (χ3n) is 4.44. The van der Waals surface area contributed by atoms with Gasteiger partial charge in [0.15, 0.2) is 11.7 Å². The number of hydrogen-bond donors (Lipinski definition) is 1. The van der Waals surface area contributed by atoms with E-state index < -0.39 is 0 Å². The average molecular weight is 364 g/mol. The predicted octanol–water partition coefficient (Wildman–Crippen LogP) is 4.85. The van der Waals surface area contributed by atoms with Crippen LogP contribution in [-0.4, -0.2) is 18.0 Å². The molecule has 2 aromatic carbocycles. The zero-order chi connectivity index (χ0) is 19.4. The molecule has 5 nitrogen and oxygen atoms in total. The Balaban J connectivity index is 1.60. The molecule has 1 amide bonds. The monoisotopic (exact) mass is 364 g/mol. The van der Waals surface area contributed by atoms with E-state index in [0.717, 1.165) is 28.1 Å². The molecule has 0 unspecified atom stereocenters. The highest BCUT2D eigenvalue weighted by atomic mass is 16.5. The van der Waals surface area contributed by atoms with Crippen molar-refractivity contribution in [2.24, 2.45) is 0 Å². The van der Waals surface area contributed by atoms with E-state index in [4.69, 9.17) is 9.15 Å². The first-order valence-electron chi connectivity index (χ1n) is 8.93. The summed E-state index contributed by atoms with van der Waals surface area (Å²) in [5.41, 5.74) is 5.13. The van der Waals surface area contributed by atoms with E-state index in [9.17, 15) is 4.79 Å². The van der Waals surface area contributed by atoms with Crippen molar-refractivity contribution in [2.45, 2.75) is 33.6 Å². The normalized spacial score (nSPS) is 10.7. The van der Waals surface area contributed by atoms with Crippen LogP contribution in [0.2, 0.25) is 0 Å². The fraction of sp³-hybridized carbons (Fsp3) is 0.273. The molecule has 0 saturated heterocycles. The third kappa shape index (κ3) is 4.56. The van der Waals surface area contributed by atoms with Gasteiger partial charge in [-0.2, -0.15) is 0 Å². The lowest BCUT2D eigenvalue weighted by atomic mass is 10.0. The minimum absolute atomic E-state index is 0.0470. The van der Waals surface area contributed by atoms with Gasteiger partial charge in [-0.15, -0.1) is 0 Å². The Kier molecular flexibility index (Phi) is 5.60. The number of oxazole rings is 1. The lowest BCUT2D eigenvalue weighted by molar-refractivity contribution is -0.116. The molecule has 0 atom stereocenters. The van der Waals surface area contributed by atoms with Crippen LogP contribution in [-0.2, 0) is 11.2 Å². The van der Waals surface area contributed by atoms with Gasteiger partial charge in [-0.1, -0.05) is 17.7 Å². The smallest absolute Gasteiger partial charge is 0.224 e. The van der Waals surface area contributed by atoms with Crippen LogP contribution in [0, 0.1) is 20.8 Å². The molecule has 3 rings (SSSR count). The highest BCUT2D eigenvalue weighted by molar-refractivity contribution is 5.92. The summed E-state index contributed by atoms with van der Waals surface area (Å²) in [6.45, 7) is 6.06. The Bertz CT molecular complexity index is 919. The minimum atomic E-state index is -0.0470. The van der Waals surface area contributed by atoms with E-state index in [0.29, 0.717) is 24.5 Å². The average Bonchev–Trinajstić information content (AvgIpc) is 3.12. The van der Waals surface area contributed by atoms with Crippen LogP contribution in [0.5, 0.6) is 5.75 Å². The van der Waals surface area contributed by atoms with Crippen LogP contribution in [0.25, 0.3) is 11.3 Å². The maximum Gasteiger partial charge on any atom is 0.224 e. The van der Waals surface area contributed by atoms with E-state index in [-0.39, 0.29) is 5.91 Å². The van der Waals surface area contributed by atoms with Crippen molar-refractivity contribution in [3.63, 3.8) is 0 Å². The van der Waals surface area contributed by atoms with Gasteiger partial charge in [-0.3, -0.25) is 4.79 Å². The van der Waals surface area contributed by atoms with Gasteiger partial charge >= 0.3 is 0 Å². The van der Waals surface area contributed by atoms with Gasteiger partial charge < -0.3 is 14.5 Å². The molecule has 0 aliphatic heterocycles. The van der Waals surface area contributed by atoms with Gasteiger partial charge in [0, 0.05) is 24.1 Å². The molecule has 3 aromatic rings. The number of carbonyl (C=O) groups is 1. The molecule has 0 radical (unpaired) electrons. The van der Waals surface area contributed by atoms with Gasteiger partial charge in [0.1, 0.15) is 5.75 Å². The summed E-state index contributed by atoms with van der Waals surface area (Å²) >= 11 is 0. The van der Waals surface area contributed by atoms with Crippen LogP contribution in [0.1, 0.15) is 29.0 Å². The number of methoxy groups -OCH3 is 1. The number of amides is 1. The van der Waals surface area contributed by atoms with Crippen LogP contribution in [0.3, 0.4) is 0 Å². The Morgan fingerprint density at radius 2 is 1.78 bits per heavy atom. The molecule has 5 heteroatoms. The lowest BCUT2D eigenvalue weighted by Gasteiger charge is -2.12. The van der Waals surface area contributed by atoms with Gasteiger partial charge in [-0.05, 0) is 56.2 Å². The second-order valence-corrected chi connectivity index (χ2v) is 6.67. The topological polar surface area (TPSA) is 64.4 Å². The minimum Gasteiger partial charge on any atom is -0.497 e. The van der Waals surface area contributed by atoms with Gasteiger partial charge in [0.05, 0.1) is 13.3 Å². The Hall–Kier alpha value is -3.08. The summed E-state index contributed by atoms with van der Waals surface area (Å²) in [5.74, 6) is 1.97. The highest BCUT2D eigenvalue weighted by Gasteiger charge is 2.11. The van der Waals surface area contributed by atoms with E-state index in [1.807, 2.05) is 38.1 Å². The van der Waals surface area contributed by atoms with Crippen molar-refractivity contribution >= 4 is 11.6 Å². The van der Waals surface area contributed by atoms with Crippen LogP contribution >= 0.6 is 0 Å². The maximum absolute atomic E-state index is 12.3. The van der Waals surface area contributed by atoms with E-state index in [1.165, 1.54) is 5.56 Å². The number of anilines is 1. The molecule has 0 saturated carbocycles. The first kappa shape index (κ1) is 18.7. The number of nitrogens with zero attached hydrogens (tertiary/aromatic N) is 1. The first-order chi connectivity index (χ1) is 13.0. The second-order valence-electron chi connectivity index (χ2n) is 6.67. The zero-order valence-electron chi connectivity index (χ0n) is 16.1. The zero-order valence-corrected chi connectivity index (χ0v) is 16.1. The van der Waals surface area contributed by atoms with Gasteiger partial charge in [0.2, 0.25) is 5.91 Å². The molecule has 0 fully saturated rings. The third-order valence-corrected chi connectivity index (χ3v) is 4.44. The summed E-state index contributed by atoms with van der Waals surface area (Å²) in [6.07, 6.45) is 2.45. The van der Waals surface area contributed by atoms with Gasteiger partial charge in [0.25, 0.3) is 0 Å². The number of benzene rings is 2. The molecule has 0 spiro atoms. The number of aromatic nitrogens is 1. The van der Waals surface area contributed by atoms with E-state index >= 15 is 0 Å². The number of aryl methyl sites for hydroxylation is 4. The van der Waals surface area contributed by atoms with E-state index in [2.05, 4.69) is 29.4 Å². The fourth-order valence-electron chi connectivity index (χ4n) is 3.11. The number of ether oxygens (including phenoxy) is 1. The summed E-state index contributed by atoms with van der Waals surface area (Å²) in [4.78, 5) is 16.6. The Morgan fingerprint density at radius 3 is 2.41 bits per heavy atom. The predicted molar refractivity (Wildman–Crippen MR) is 106 cm³/mol. The molecule has 1 aromatic heterocycles. The van der Waals surface area contributed by atoms with Crippen LogP contribution < -0.4 is 10.1 Å². The molecule has 27 heavy (non-hydrogen) atoms. The summed E-state index contributed by atoms with van der Waals surface area (Å²) < 4.78 is 10.9. The Morgan fingerprint density at radius 1 is 1.11 bits per heavy atom. The summed E-state index contributed by atoms with van der Waals surface area (Å²) in [6, 6.07) is 11.7. The molecule has 0 bridgehead atoms. The highest BCUT2D eigenvalue weighted by Crippen LogP contribution is 2.24. The van der Waals surface area contributed by atoms with Crippen molar-refractivity contribution in [3.05, 3.63) is 65.2 Å². The molecule has 1 heterocycles.